The zero-order valence-corrected chi connectivity index (χ0v) is 13.0. The number of nitrogens with zero attached hydrogens (tertiary/aromatic N) is 6. The monoisotopic (exact) mass is 293 g/mol. The van der Waals surface area contributed by atoms with E-state index < -0.39 is 0 Å². The molecule has 0 bridgehead atoms. The van der Waals surface area contributed by atoms with E-state index in [1.54, 1.807) is 27.7 Å². The Morgan fingerprint density at radius 3 is 1.24 bits per heavy atom. The molecule has 0 aliphatic rings. The average molecular weight is 293 g/mol. The molecule has 9 nitrogen and oxygen atoms in total. The lowest BCUT2D eigenvalue weighted by Crippen LogP contribution is -1.70. The Morgan fingerprint density at radius 2 is 1.14 bits per heavy atom. The third kappa shape index (κ3) is 6.95. The molecule has 0 saturated carbocycles. The molecule has 0 radical (unpaired) electrons. The fraction of sp³-hybridized carbons (Fsp3) is 0.500. The summed E-state index contributed by atoms with van der Waals surface area (Å²) in [6.45, 7) is 10.8. The van der Waals surface area contributed by atoms with Crippen molar-refractivity contribution in [3.8, 4) is 0 Å². The Labute approximate surface area is 122 Å². The first-order chi connectivity index (χ1) is 9.86. The number of hydrogen-bond acceptors (Lipinski definition) is 8. The molecule has 0 atom stereocenters. The summed E-state index contributed by atoms with van der Waals surface area (Å²) in [6, 6.07) is 0. The zero-order chi connectivity index (χ0) is 15.8. The summed E-state index contributed by atoms with van der Waals surface area (Å²) in [7, 11) is 0. The van der Waals surface area contributed by atoms with Gasteiger partial charge in [0.05, 0.1) is 0 Å². The molecule has 3 rings (SSSR count). The molecular weight excluding hydrogens is 274 g/mol. The number of rotatable bonds is 0. The molecule has 114 valence electrons. The predicted octanol–water partition coefficient (Wildman–Crippen LogP) is 1.79. The van der Waals surface area contributed by atoms with Crippen LogP contribution in [0, 0.1) is 41.5 Å². The van der Waals surface area contributed by atoms with Crippen LogP contribution in [0.4, 0.5) is 0 Å². The Hall–Kier alpha value is -2.58. The highest BCUT2D eigenvalue weighted by molar-refractivity contribution is 4.82. The molecule has 0 aromatic carbocycles. The summed E-state index contributed by atoms with van der Waals surface area (Å²) < 4.78 is 9.21. The highest BCUT2D eigenvalue weighted by Gasteiger charge is 1.90. The van der Waals surface area contributed by atoms with Crippen LogP contribution in [0.5, 0.6) is 0 Å². The van der Waals surface area contributed by atoms with E-state index in [-0.39, 0.29) is 0 Å². The van der Waals surface area contributed by atoms with Crippen LogP contribution in [0.3, 0.4) is 0 Å². The van der Waals surface area contributed by atoms with Gasteiger partial charge in [-0.05, 0) is 27.7 Å². The summed E-state index contributed by atoms with van der Waals surface area (Å²) in [5.41, 5.74) is 0. The first-order valence-corrected chi connectivity index (χ1v) is 6.26. The quantitative estimate of drug-likeness (QED) is 0.666. The molecule has 9 heteroatoms. The standard InChI is InChI=1S/C4H7N3.2C4H6N2O/c3*1-3-5-4(2)7-6-3/h1-2H3,(H,5,6,7);2*1-2H3. The van der Waals surface area contributed by atoms with E-state index in [2.05, 4.69) is 44.5 Å². The van der Waals surface area contributed by atoms with E-state index in [1.807, 2.05) is 13.8 Å². The predicted molar refractivity (Wildman–Crippen MR) is 73.4 cm³/mol. The molecule has 3 aromatic rings. The summed E-state index contributed by atoms with van der Waals surface area (Å²) in [4.78, 5) is 11.6. The molecular formula is C12H19N7O2. The first kappa shape index (κ1) is 16.5. The van der Waals surface area contributed by atoms with Crippen molar-refractivity contribution in [1.29, 1.82) is 0 Å². The summed E-state index contributed by atoms with van der Waals surface area (Å²) in [5, 5.41) is 13.5. The topological polar surface area (TPSA) is 119 Å². The van der Waals surface area contributed by atoms with Crippen LogP contribution in [0.15, 0.2) is 9.05 Å². The van der Waals surface area contributed by atoms with E-state index in [1.165, 1.54) is 0 Å². The second-order valence-corrected chi connectivity index (χ2v) is 4.19. The number of nitrogens with one attached hydrogen (secondary N) is 1. The highest BCUT2D eigenvalue weighted by atomic mass is 16.5. The van der Waals surface area contributed by atoms with Gasteiger partial charge in [0, 0.05) is 13.8 Å². The van der Waals surface area contributed by atoms with E-state index in [9.17, 15) is 0 Å². The molecule has 3 aromatic heterocycles. The van der Waals surface area contributed by atoms with Crippen molar-refractivity contribution in [2.45, 2.75) is 41.5 Å². The van der Waals surface area contributed by atoms with Gasteiger partial charge in [-0.2, -0.15) is 15.1 Å². The van der Waals surface area contributed by atoms with Gasteiger partial charge in [0.1, 0.15) is 11.6 Å². The molecule has 0 spiro atoms. The Balaban J connectivity index is 0.000000157. The second-order valence-electron chi connectivity index (χ2n) is 4.19. The molecule has 0 fully saturated rings. The molecule has 3 heterocycles. The minimum Gasteiger partial charge on any atom is -0.340 e. The van der Waals surface area contributed by atoms with Crippen LogP contribution in [0.2, 0.25) is 0 Å². The smallest absolute Gasteiger partial charge is 0.223 e. The largest absolute Gasteiger partial charge is 0.340 e. The third-order valence-electron chi connectivity index (χ3n) is 1.97. The van der Waals surface area contributed by atoms with Crippen LogP contribution >= 0.6 is 0 Å². The number of hydrogen-bond donors (Lipinski definition) is 1. The number of aryl methyl sites for hydroxylation is 6. The molecule has 0 unspecified atom stereocenters. The fourth-order valence-electron chi connectivity index (χ4n) is 1.26. The Morgan fingerprint density at radius 1 is 0.667 bits per heavy atom. The maximum absolute atomic E-state index is 4.60. The second kappa shape index (κ2) is 7.88. The van der Waals surface area contributed by atoms with Crippen molar-refractivity contribution in [3.05, 3.63) is 35.1 Å². The Bertz CT molecular complexity index is 515. The maximum atomic E-state index is 4.60. The molecule has 0 aliphatic carbocycles. The van der Waals surface area contributed by atoms with Gasteiger partial charge in [-0.3, -0.25) is 5.10 Å². The van der Waals surface area contributed by atoms with Gasteiger partial charge in [-0.1, -0.05) is 10.3 Å². The van der Waals surface area contributed by atoms with Crippen molar-refractivity contribution in [3.63, 3.8) is 0 Å². The van der Waals surface area contributed by atoms with Crippen LogP contribution in [-0.2, 0) is 0 Å². The summed E-state index contributed by atoms with van der Waals surface area (Å²) in [6.07, 6.45) is 0. The molecule has 0 saturated heterocycles. The number of aromatic nitrogens is 7. The lowest BCUT2D eigenvalue weighted by atomic mass is 10.7. The molecule has 0 aliphatic heterocycles. The fourth-order valence-corrected chi connectivity index (χ4v) is 1.26. The lowest BCUT2D eigenvalue weighted by Gasteiger charge is -1.68. The van der Waals surface area contributed by atoms with Gasteiger partial charge in [-0.25, -0.2) is 4.98 Å². The van der Waals surface area contributed by atoms with Crippen LogP contribution in [0.25, 0.3) is 0 Å². The maximum Gasteiger partial charge on any atom is 0.223 e. The number of aromatic amines is 1. The van der Waals surface area contributed by atoms with Crippen LogP contribution < -0.4 is 0 Å². The minimum absolute atomic E-state index is 0.623. The van der Waals surface area contributed by atoms with Gasteiger partial charge >= 0.3 is 0 Å². The van der Waals surface area contributed by atoms with Crippen LogP contribution in [-0.4, -0.2) is 35.5 Å². The Kier molecular flexibility index (Phi) is 6.18. The van der Waals surface area contributed by atoms with Crippen molar-refractivity contribution in [2.75, 3.05) is 0 Å². The minimum atomic E-state index is 0.623. The summed E-state index contributed by atoms with van der Waals surface area (Å²) >= 11 is 0. The van der Waals surface area contributed by atoms with Gasteiger partial charge < -0.3 is 9.05 Å². The third-order valence-corrected chi connectivity index (χ3v) is 1.97. The van der Waals surface area contributed by atoms with Gasteiger partial charge in [0.15, 0.2) is 11.6 Å². The van der Waals surface area contributed by atoms with E-state index in [0.717, 1.165) is 11.6 Å². The van der Waals surface area contributed by atoms with Gasteiger partial charge in [0.25, 0.3) is 0 Å². The van der Waals surface area contributed by atoms with Crippen molar-refractivity contribution >= 4 is 0 Å². The number of H-pyrrole nitrogens is 1. The molecule has 21 heavy (non-hydrogen) atoms. The van der Waals surface area contributed by atoms with E-state index in [4.69, 9.17) is 0 Å². The van der Waals surface area contributed by atoms with Crippen LogP contribution in [0.1, 0.15) is 35.1 Å². The molecule has 1 N–H and O–H groups in total. The van der Waals surface area contributed by atoms with E-state index in [0.29, 0.717) is 23.4 Å². The normalized spacial score (nSPS) is 9.43. The lowest BCUT2D eigenvalue weighted by molar-refractivity contribution is 0.389. The van der Waals surface area contributed by atoms with Crippen molar-refractivity contribution in [1.82, 2.24) is 35.5 Å². The summed E-state index contributed by atoms with van der Waals surface area (Å²) in [5.74, 6) is 4.31. The van der Waals surface area contributed by atoms with Gasteiger partial charge in [0.2, 0.25) is 11.8 Å². The molecule has 0 amide bonds. The van der Waals surface area contributed by atoms with E-state index >= 15 is 0 Å². The first-order valence-electron chi connectivity index (χ1n) is 6.26. The van der Waals surface area contributed by atoms with Crippen molar-refractivity contribution < 1.29 is 9.05 Å². The highest BCUT2D eigenvalue weighted by Crippen LogP contribution is 1.90. The average Bonchev–Trinajstić information content (AvgIpc) is 3.06. The van der Waals surface area contributed by atoms with Crippen molar-refractivity contribution in [2.24, 2.45) is 0 Å². The SMILES string of the molecule is Cc1n[nH]c(C)n1.Cc1noc(C)n1.Cc1noc(C)n1. The van der Waals surface area contributed by atoms with Gasteiger partial charge in [-0.15, -0.1) is 0 Å². The zero-order valence-electron chi connectivity index (χ0n) is 13.0.